The summed E-state index contributed by atoms with van der Waals surface area (Å²) in [5.74, 6) is -0.0529. The Morgan fingerprint density at radius 1 is 0.917 bits per heavy atom. The summed E-state index contributed by atoms with van der Waals surface area (Å²) in [6.07, 6.45) is 20.0. The summed E-state index contributed by atoms with van der Waals surface area (Å²) in [4.78, 5) is 11.2. The van der Waals surface area contributed by atoms with Gasteiger partial charge in [-0.15, -0.1) is 0 Å². The number of unbranched alkanes of at least 4 members (excludes halogenated alkanes) is 8. The number of carbonyl (C=O) groups excluding carboxylic acids is 1. The molecule has 0 aliphatic carbocycles. The van der Waals surface area contributed by atoms with E-state index in [0.29, 0.717) is 19.1 Å². The van der Waals surface area contributed by atoms with Gasteiger partial charge in [0.1, 0.15) is 0 Å². The zero-order chi connectivity index (χ0) is 17.9. The van der Waals surface area contributed by atoms with Crippen molar-refractivity contribution < 1.29 is 14.3 Å². The molecule has 1 unspecified atom stereocenters. The minimum atomic E-state index is -0.0529. The van der Waals surface area contributed by atoms with E-state index in [0.717, 1.165) is 25.7 Å². The summed E-state index contributed by atoms with van der Waals surface area (Å²) in [6, 6.07) is 0. The fourth-order valence-corrected chi connectivity index (χ4v) is 2.79. The van der Waals surface area contributed by atoms with Gasteiger partial charge in [-0.2, -0.15) is 0 Å². The molecule has 0 heterocycles. The largest absolute Gasteiger partial charge is 0.466 e. The molecular weight excluding hydrogens is 300 g/mol. The average Bonchev–Trinajstić information content (AvgIpc) is 2.58. The Morgan fingerprint density at radius 3 is 2.33 bits per heavy atom. The summed E-state index contributed by atoms with van der Waals surface area (Å²) >= 11 is 0. The molecule has 0 aromatic rings. The normalized spacial score (nSPS) is 12.6. The van der Waals surface area contributed by atoms with Crippen molar-refractivity contribution in [2.75, 3.05) is 13.7 Å². The Balaban J connectivity index is 3.42. The van der Waals surface area contributed by atoms with Gasteiger partial charge < -0.3 is 9.47 Å². The molecule has 0 radical (unpaired) electrons. The molecule has 142 valence electrons. The van der Waals surface area contributed by atoms with Gasteiger partial charge in [-0.05, 0) is 39.0 Å². The lowest BCUT2D eigenvalue weighted by molar-refractivity contribution is -0.143. The standard InChI is InChI=1S/C21H40O3/c1-4-6-7-14-17-20(23-3)18-15-12-10-8-9-11-13-16-19-21(22)24-5-2/h12,15,20H,4-11,13-14,16-19H2,1-3H3. The van der Waals surface area contributed by atoms with Crippen LogP contribution < -0.4 is 0 Å². The van der Waals surface area contributed by atoms with Crippen LogP contribution >= 0.6 is 0 Å². The smallest absolute Gasteiger partial charge is 0.305 e. The number of hydrogen-bond donors (Lipinski definition) is 0. The van der Waals surface area contributed by atoms with Crippen molar-refractivity contribution in [2.24, 2.45) is 0 Å². The summed E-state index contributed by atoms with van der Waals surface area (Å²) in [7, 11) is 1.83. The number of methoxy groups -OCH3 is 1. The molecule has 0 amide bonds. The van der Waals surface area contributed by atoms with Gasteiger partial charge in [0.15, 0.2) is 0 Å². The van der Waals surface area contributed by atoms with Crippen LogP contribution in [0.3, 0.4) is 0 Å². The zero-order valence-electron chi connectivity index (χ0n) is 16.4. The van der Waals surface area contributed by atoms with E-state index in [-0.39, 0.29) is 5.97 Å². The predicted molar refractivity (Wildman–Crippen MR) is 102 cm³/mol. The Morgan fingerprint density at radius 2 is 1.62 bits per heavy atom. The van der Waals surface area contributed by atoms with E-state index in [2.05, 4.69) is 19.1 Å². The summed E-state index contributed by atoms with van der Waals surface area (Å²) in [5.41, 5.74) is 0. The SMILES string of the molecule is CCCCCCC(CC=CCCCCCCCC(=O)OCC)OC. The number of allylic oxidation sites excluding steroid dienone is 1. The molecular formula is C21H40O3. The molecule has 0 aromatic carbocycles. The minimum Gasteiger partial charge on any atom is -0.466 e. The number of esters is 1. The molecule has 0 saturated heterocycles. The predicted octanol–water partition coefficient (Wildman–Crippen LogP) is 6.21. The molecule has 0 bridgehead atoms. The molecule has 3 heteroatoms. The Labute approximate surface area is 150 Å². The first-order chi connectivity index (χ1) is 11.7. The number of ether oxygens (including phenoxy) is 2. The van der Waals surface area contributed by atoms with E-state index >= 15 is 0 Å². The van der Waals surface area contributed by atoms with Crippen LogP contribution in [-0.2, 0) is 14.3 Å². The number of rotatable bonds is 17. The van der Waals surface area contributed by atoms with Crippen LogP contribution in [0.15, 0.2) is 12.2 Å². The molecule has 24 heavy (non-hydrogen) atoms. The molecule has 0 aromatic heterocycles. The maximum atomic E-state index is 11.2. The molecule has 0 N–H and O–H groups in total. The topological polar surface area (TPSA) is 35.5 Å². The van der Waals surface area contributed by atoms with Crippen LogP contribution in [0, 0.1) is 0 Å². The van der Waals surface area contributed by atoms with Crippen LogP contribution in [0.1, 0.15) is 97.3 Å². The summed E-state index contributed by atoms with van der Waals surface area (Å²) in [6.45, 7) is 4.59. The highest BCUT2D eigenvalue weighted by Gasteiger charge is 2.04. The molecule has 0 fully saturated rings. The second kappa shape index (κ2) is 18.5. The van der Waals surface area contributed by atoms with E-state index in [9.17, 15) is 4.79 Å². The maximum Gasteiger partial charge on any atom is 0.305 e. The fraction of sp³-hybridized carbons (Fsp3) is 0.857. The van der Waals surface area contributed by atoms with Crippen molar-refractivity contribution in [3.8, 4) is 0 Å². The van der Waals surface area contributed by atoms with Gasteiger partial charge in [0, 0.05) is 13.5 Å². The molecule has 0 aliphatic heterocycles. The van der Waals surface area contributed by atoms with Gasteiger partial charge in [-0.25, -0.2) is 0 Å². The van der Waals surface area contributed by atoms with E-state index in [1.165, 1.54) is 51.4 Å². The van der Waals surface area contributed by atoms with Gasteiger partial charge >= 0.3 is 5.97 Å². The van der Waals surface area contributed by atoms with Crippen LogP contribution in [0.25, 0.3) is 0 Å². The molecule has 0 rings (SSSR count). The first kappa shape index (κ1) is 23.2. The Bertz CT molecular complexity index is 299. The monoisotopic (exact) mass is 340 g/mol. The quantitative estimate of drug-likeness (QED) is 0.179. The van der Waals surface area contributed by atoms with Gasteiger partial charge in [0.25, 0.3) is 0 Å². The van der Waals surface area contributed by atoms with Crippen LogP contribution in [-0.4, -0.2) is 25.8 Å². The molecule has 0 saturated carbocycles. The van der Waals surface area contributed by atoms with Crippen LogP contribution in [0.2, 0.25) is 0 Å². The minimum absolute atomic E-state index is 0.0529. The lowest BCUT2D eigenvalue weighted by Gasteiger charge is -2.12. The molecule has 0 spiro atoms. The van der Waals surface area contributed by atoms with Crippen molar-refractivity contribution in [2.45, 2.75) is 103 Å². The Hall–Kier alpha value is -0.830. The van der Waals surface area contributed by atoms with E-state index in [1.54, 1.807) is 0 Å². The maximum absolute atomic E-state index is 11.2. The van der Waals surface area contributed by atoms with E-state index in [4.69, 9.17) is 9.47 Å². The van der Waals surface area contributed by atoms with Gasteiger partial charge in [0.05, 0.1) is 12.7 Å². The Kier molecular flexibility index (Phi) is 17.9. The highest BCUT2D eigenvalue weighted by Crippen LogP contribution is 2.12. The van der Waals surface area contributed by atoms with Crippen molar-refractivity contribution in [3.63, 3.8) is 0 Å². The third-order valence-corrected chi connectivity index (χ3v) is 4.34. The molecule has 1 atom stereocenters. The molecule has 3 nitrogen and oxygen atoms in total. The van der Waals surface area contributed by atoms with Crippen molar-refractivity contribution in [1.82, 2.24) is 0 Å². The van der Waals surface area contributed by atoms with Gasteiger partial charge in [0.2, 0.25) is 0 Å². The highest BCUT2D eigenvalue weighted by atomic mass is 16.5. The summed E-state index contributed by atoms with van der Waals surface area (Å²) < 4.78 is 10.5. The van der Waals surface area contributed by atoms with E-state index in [1.807, 2.05) is 14.0 Å². The highest BCUT2D eigenvalue weighted by molar-refractivity contribution is 5.69. The van der Waals surface area contributed by atoms with E-state index < -0.39 is 0 Å². The van der Waals surface area contributed by atoms with Gasteiger partial charge in [-0.3, -0.25) is 4.79 Å². The number of carbonyl (C=O) groups is 1. The van der Waals surface area contributed by atoms with Gasteiger partial charge in [-0.1, -0.05) is 64.0 Å². The van der Waals surface area contributed by atoms with Crippen molar-refractivity contribution in [3.05, 3.63) is 12.2 Å². The number of hydrogen-bond acceptors (Lipinski definition) is 3. The van der Waals surface area contributed by atoms with Crippen LogP contribution in [0.4, 0.5) is 0 Å². The lowest BCUT2D eigenvalue weighted by atomic mass is 10.1. The van der Waals surface area contributed by atoms with Crippen molar-refractivity contribution >= 4 is 5.97 Å². The zero-order valence-corrected chi connectivity index (χ0v) is 16.4. The summed E-state index contributed by atoms with van der Waals surface area (Å²) in [5, 5.41) is 0. The second-order valence-corrected chi connectivity index (χ2v) is 6.53. The van der Waals surface area contributed by atoms with Crippen LogP contribution in [0.5, 0.6) is 0 Å². The second-order valence-electron chi connectivity index (χ2n) is 6.53. The van der Waals surface area contributed by atoms with Crippen molar-refractivity contribution in [1.29, 1.82) is 0 Å². The third-order valence-electron chi connectivity index (χ3n) is 4.34. The first-order valence-corrected chi connectivity index (χ1v) is 10.1. The fourth-order valence-electron chi connectivity index (χ4n) is 2.79. The molecule has 0 aliphatic rings. The first-order valence-electron chi connectivity index (χ1n) is 10.1. The average molecular weight is 341 g/mol. The lowest BCUT2D eigenvalue weighted by Crippen LogP contribution is -2.08. The third kappa shape index (κ3) is 16.0.